The molecule has 1 aliphatic carbocycles. The maximum Gasteiger partial charge on any atom is 0.193 e. The Morgan fingerprint density at radius 2 is 1.82 bits per heavy atom. The maximum absolute atomic E-state index is 6.21. The Bertz CT molecular complexity index is 677. The van der Waals surface area contributed by atoms with Crippen LogP contribution in [0.4, 0.5) is 5.69 Å². The minimum absolute atomic E-state index is 0. The number of nitrogens with zero attached hydrogens (tertiary/aromatic N) is 1. The van der Waals surface area contributed by atoms with Crippen LogP contribution in [0, 0.1) is 0 Å². The van der Waals surface area contributed by atoms with E-state index in [2.05, 4.69) is 10.3 Å². The Morgan fingerprint density at radius 1 is 1.07 bits per heavy atom. The van der Waals surface area contributed by atoms with Crippen LogP contribution in [0.2, 0.25) is 0 Å². The molecule has 28 heavy (non-hydrogen) atoms. The topological polar surface area (TPSA) is 87.3 Å². The first-order valence-electron chi connectivity index (χ1n) is 10.0. The molecule has 3 N–H and O–H groups in total. The molecule has 0 aromatic heterocycles. The third-order valence-corrected chi connectivity index (χ3v) is 5.26. The van der Waals surface area contributed by atoms with Gasteiger partial charge in [-0.05, 0) is 25.0 Å². The number of rotatable bonds is 3. The van der Waals surface area contributed by atoms with Crippen LogP contribution >= 0.6 is 24.0 Å². The Morgan fingerprint density at radius 3 is 2.61 bits per heavy atom. The van der Waals surface area contributed by atoms with Gasteiger partial charge >= 0.3 is 0 Å². The quantitative estimate of drug-likeness (QED) is 0.372. The van der Waals surface area contributed by atoms with Crippen molar-refractivity contribution in [3.63, 3.8) is 0 Å². The Balaban J connectivity index is 0.00000225. The van der Waals surface area contributed by atoms with E-state index >= 15 is 0 Å². The van der Waals surface area contributed by atoms with Crippen LogP contribution in [0.5, 0.6) is 11.5 Å². The lowest BCUT2D eigenvalue weighted by molar-refractivity contribution is -0.174. The first kappa shape index (κ1) is 21.4. The minimum Gasteiger partial charge on any atom is -0.490 e. The molecule has 1 saturated heterocycles. The summed E-state index contributed by atoms with van der Waals surface area (Å²) < 4.78 is 23.6. The zero-order valence-corrected chi connectivity index (χ0v) is 18.5. The van der Waals surface area contributed by atoms with E-state index in [0.717, 1.165) is 36.4 Å². The molecule has 3 aliphatic rings. The molecule has 0 amide bonds. The summed E-state index contributed by atoms with van der Waals surface area (Å²) in [4.78, 5) is 4.44. The molecule has 8 heteroatoms. The second kappa shape index (κ2) is 9.98. The number of halogens is 1. The monoisotopic (exact) mass is 503 g/mol. The highest BCUT2D eigenvalue weighted by Gasteiger charge is 2.41. The SMILES string of the molecule is I.NC(=NCC1COC2(CCCCCC2)O1)Nc1ccc2c(c1)OCCCO2. The number of benzene rings is 1. The lowest BCUT2D eigenvalue weighted by Crippen LogP contribution is -2.31. The molecule has 4 rings (SSSR count). The number of hydrogen-bond acceptors (Lipinski definition) is 5. The van der Waals surface area contributed by atoms with E-state index in [1.54, 1.807) is 0 Å². The number of ether oxygens (including phenoxy) is 4. The fraction of sp³-hybridized carbons (Fsp3) is 0.650. The molecule has 1 saturated carbocycles. The molecule has 2 fully saturated rings. The Hall–Kier alpha value is -1.26. The van der Waals surface area contributed by atoms with E-state index < -0.39 is 0 Å². The van der Waals surface area contributed by atoms with Crippen molar-refractivity contribution in [3.8, 4) is 11.5 Å². The number of guanidine groups is 1. The number of nitrogens with one attached hydrogen (secondary N) is 1. The molecule has 2 heterocycles. The van der Waals surface area contributed by atoms with Gasteiger partial charge in [0.15, 0.2) is 23.2 Å². The highest BCUT2D eigenvalue weighted by Crippen LogP contribution is 2.37. The van der Waals surface area contributed by atoms with Gasteiger partial charge in [0.1, 0.15) is 6.10 Å². The number of aliphatic imine (C=N–C) groups is 1. The molecule has 0 radical (unpaired) electrons. The van der Waals surface area contributed by atoms with Crippen molar-refractivity contribution in [3.05, 3.63) is 18.2 Å². The zero-order valence-electron chi connectivity index (χ0n) is 16.2. The minimum atomic E-state index is -0.382. The third kappa shape index (κ3) is 5.42. The van der Waals surface area contributed by atoms with Crippen molar-refractivity contribution in [1.29, 1.82) is 0 Å². The molecular formula is C20H30IN3O4. The molecule has 1 atom stereocenters. The second-order valence-corrected chi connectivity index (χ2v) is 7.44. The molecule has 2 aliphatic heterocycles. The highest BCUT2D eigenvalue weighted by molar-refractivity contribution is 14.0. The molecule has 1 aromatic carbocycles. The summed E-state index contributed by atoms with van der Waals surface area (Å²) in [5.74, 6) is 1.47. The predicted molar refractivity (Wildman–Crippen MR) is 119 cm³/mol. The molecule has 0 bridgehead atoms. The van der Waals surface area contributed by atoms with Crippen molar-refractivity contribution in [1.82, 2.24) is 0 Å². The number of nitrogens with two attached hydrogens (primary N) is 1. The van der Waals surface area contributed by atoms with Crippen molar-refractivity contribution < 1.29 is 18.9 Å². The van der Waals surface area contributed by atoms with Crippen LogP contribution in [0.25, 0.3) is 0 Å². The van der Waals surface area contributed by atoms with Crippen LogP contribution in [0.15, 0.2) is 23.2 Å². The van der Waals surface area contributed by atoms with Crippen molar-refractivity contribution in [2.45, 2.75) is 56.8 Å². The second-order valence-electron chi connectivity index (χ2n) is 7.44. The summed E-state index contributed by atoms with van der Waals surface area (Å²) in [6.45, 7) is 2.40. The maximum atomic E-state index is 6.21. The standard InChI is InChI=1S/C20H29N3O4.HI/c21-19(23-15-6-7-17-18(12-15)25-11-5-10-24-17)22-13-16-14-26-20(27-16)8-3-1-2-4-9-20;/h6-7,12,16H,1-5,8-11,13-14H2,(H3,21,22,23);1H. The van der Waals surface area contributed by atoms with Crippen LogP contribution in [0.3, 0.4) is 0 Å². The van der Waals surface area contributed by atoms with E-state index in [-0.39, 0.29) is 35.9 Å². The third-order valence-electron chi connectivity index (χ3n) is 5.26. The summed E-state index contributed by atoms with van der Waals surface area (Å²) >= 11 is 0. The first-order chi connectivity index (χ1) is 13.2. The Labute approximate surface area is 183 Å². The van der Waals surface area contributed by atoms with Gasteiger partial charge in [0.25, 0.3) is 0 Å². The van der Waals surface area contributed by atoms with Crippen LogP contribution in [-0.2, 0) is 9.47 Å². The van der Waals surface area contributed by atoms with Crippen LogP contribution in [0.1, 0.15) is 44.9 Å². The van der Waals surface area contributed by atoms with Gasteiger partial charge in [0.2, 0.25) is 0 Å². The summed E-state index contributed by atoms with van der Waals surface area (Å²) in [6, 6.07) is 5.68. The summed E-state index contributed by atoms with van der Waals surface area (Å²) in [5.41, 5.74) is 6.88. The molecule has 1 spiro atoms. The van der Waals surface area contributed by atoms with Gasteiger partial charge in [-0.15, -0.1) is 24.0 Å². The van der Waals surface area contributed by atoms with E-state index in [1.165, 1.54) is 25.7 Å². The summed E-state index contributed by atoms with van der Waals surface area (Å²) in [5, 5.41) is 3.11. The van der Waals surface area contributed by atoms with Crippen molar-refractivity contribution >= 4 is 35.6 Å². The fourth-order valence-corrected chi connectivity index (χ4v) is 3.86. The zero-order chi connectivity index (χ0) is 18.5. The lowest BCUT2D eigenvalue weighted by Gasteiger charge is -2.26. The first-order valence-corrected chi connectivity index (χ1v) is 10.0. The molecular weight excluding hydrogens is 473 g/mol. The molecule has 1 unspecified atom stereocenters. The van der Waals surface area contributed by atoms with Gasteiger partial charge in [-0.2, -0.15) is 0 Å². The average molecular weight is 503 g/mol. The lowest BCUT2D eigenvalue weighted by atomic mass is 10.1. The number of anilines is 1. The van der Waals surface area contributed by atoms with Gasteiger partial charge in [0.05, 0.1) is 26.4 Å². The predicted octanol–water partition coefficient (Wildman–Crippen LogP) is 3.66. The largest absolute Gasteiger partial charge is 0.490 e. The van der Waals surface area contributed by atoms with Crippen molar-refractivity contribution in [2.24, 2.45) is 10.7 Å². The van der Waals surface area contributed by atoms with Gasteiger partial charge in [-0.25, -0.2) is 0 Å². The Kier molecular flexibility index (Phi) is 7.64. The van der Waals surface area contributed by atoms with E-state index in [9.17, 15) is 0 Å². The highest BCUT2D eigenvalue weighted by atomic mass is 127. The molecule has 7 nitrogen and oxygen atoms in total. The number of hydrogen-bond donors (Lipinski definition) is 2. The molecule has 156 valence electrons. The average Bonchev–Trinajstić information content (AvgIpc) is 2.82. The molecule has 1 aromatic rings. The van der Waals surface area contributed by atoms with E-state index in [1.807, 2.05) is 18.2 Å². The van der Waals surface area contributed by atoms with Gasteiger partial charge in [-0.1, -0.05) is 12.8 Å². The van der Waals surface area contributed by atoms with Gasteiger partial charge < -0.3 is 30.0 Å². The smallest absolute Gasteiger partial charge is 0.193 e. The van der Waals surface area contributed by atoms with Crippen LogP contribution in [-0.4, -0.2) is 44.2 Å². The fourth-order valence-electron chi connectivity index (χ4n) is 3.86. The van der Waals surface area contributed by atoms with Gasteiger partial charge in [0, 0.05) is 31.0 Å². The summed E-state index contributed by atoms with van der Waals surface area (Å²) in [6.07, 6.45) is 7.69. The summed E-state index contributed by atoms with van der Waals surface area (Å²) in [7, 11) is 0. The van der Waals surface area contributed by atoms with Crippen molar-refractivity contribution in [2.75, 3.05) is 31.7 Å². The van der Waals surface area contributed by atoms with E-state index in [4.69, 9.17) is 24.7 Å². The van der Waals surface area contributed by atoms with Gasteiger partial charge in [-0.3, -0.25) is 4.99 Å². The van der Waals surface area contributed by atoms with E-state index in [0.29, 0.717) is 32.3 Å². The van der Waals surface area contributed by atoms with Crippen LogP contribution < -0.4 is 20.5 Å². The normalized spacial score (nSPS) is 24.1. The number of fused-ring (bicyclic) bond motifs is 1.